The standard InChI is InChI=1S/C27H30O3/c1-16(28)21-13-19(17-6-8-18(9-7-17)25(29)30)12-20-14-23-24(15-22(20)21)27(4,5)11-10-26(23,2)3/h6-9,12-16,28H,10-11H2,1-5H3,(H,29,30). The van der Waals surface area contributed by atoms with Crippen molar-refractivity contribution in [1.29, 1.82) is 0 Å². The van der Waals surface area contributed by atoms with E-state index in [0.717, 1.165) is 40.3 Å². The minimum Gasteiger partial charge on any atom is -0.478 e. The summed E-state index contributed by atoms with van der Waals surface area (Å²) in [5, 5.41) is 22.0. The van der Waals surface area contributed by atoms with E-state index in [1.54, 1.807) is 19.1 Å². The maximum Gasteiger partial charge on any atom is 0.335 e. The first-order valence-corrected chi connectivity index (χ1v) is 10.6. The van der Waals surface area contributed by atoms with Crippen molar-refractivity contribution in [2.45, 2.75) is 64.4 Å². The van der Waals surface area contributed by atoms with Crippen LogP contribution in [0.3, 0.4) is 0 Å². The number of aliphatic hydroxyl groups excluding tert-OH is 1. The van der Waals surface area contributed by atoms with Crippen molar-refractivity contribution in [2.75, 3.05) is 0 Å². The van der Waals surface area contributed by atoms with Crippen LogP contribution in [0.1, 0.15) is 80.6 Å². The molecule has 0 bridgehead atoms. The molecule has 1 aliphatic rings. The Hall–Kier alpha value is -2.65. The number of hydrogen-bond donors (Lipinski definition) is 2. The van der Waals surface area contributed by atoms with Crippen molar-refractivity contribution in [3.63, 3.8) is 0 Å². The highest BCUT2D eigenvalue weighted by molar-refractivity contribution is 5.93. The summed E-state index contributed by atoms with van der Waals surface area (Å²) in [5.74, 6) is -0.929. The van der Waals surface area contributed by atoms with E-state index in [1.807, 2.05) is 18.2 Å². The largest absolute Gasteiger partial charge is 0.478 e. The monoisotopic (exact) mass is 402 g/mol. The number of carboxylic acid groups (broad SMARTS) is 1. The summed E-state index contributed by atoms with van der Waals surface area (Å²) in [6, 6.07) is 15.7. The summed E-state index contributed by atoms with van der Waals surface area (Å²) in [4.78, 5) is 11.2. The second kappa shape index (κ2) is 6.95. The third kappa shape index (κ3) is 3.41. The van der Waals surface area contributed by atoms with Gasteiger partial charge in [0.1, 0.15) is 0 Å². The number of benzene rings is 3. The molecule has 3 aromatic carbocycles. The van der Waals surface area contributed by atoms with Crippen LogP contribution in [-0.2, 0) is 10.8 Å². The zero-order chi connectivity index (χ0) is 21.8. The lowest BCUT2D eigenvalue weighted by molar-refractivity contribution is 0.0697. The fourth-order valence-electron chi connectivity index (χ4n) is 4.77. The Morgan fingerprint density at radius 2 is 1.43 bits per heavy atom. The van der Waals surface area contributed by atoms with Gasteiger partial charge in [0.25, 0.3) is 0 Å². The quantitative estimate of drug-likeness (QED) is 0.518. The average molecular weight is 403 g/mol. The van der Waals surface area contributed by atoms with Gasteiger partial charge < -0.3 is 10.2 Å². The second-order valence-electron chi connectivity index (χ2n) is 10.0. The summed E-state index contributed by atoms with van der Waals surface area (Å²) in [6.45, 7) is 11.1. The molecule has 0 saturated heterocycles. The molecule has 0 amide bonds. The number of carboxylic acids is 1. The van der Waals surface area contributed by atoms with E-state index in [-0.39, 0.29) is 16.4 Å². The molecule has 3 aromatic rings. The van der Waals surface area contributed by atoms with Crippen LogP contribution >= 0.6 is 0 Å². The average Bonchev–Trinajstić information content (AvgIpc) is 2.69. The normalized spacial score (nSPS) is 18.1. The number of fused-ring (bicyclic) bond motifs is 2. The summed E-state index contributed by atoms with van der Waals surface area (Å²) in [7, 11) is 0. The van der Waals surface area contributed by atoms with Gasteiger partial charge in [-0.05, 0) is 99.5 Å². The highest BCUT2D eigenvalue weighted by atomic mass is 16.4. The van der Waals surface area contributed by atoms with Gasteiger partial charge in [-0.3, -0.25) is 0 Å². The van der Waals surface area contributed by atoms with Crippen LogP contribution in [0.25, 0.3) is 21.9 Å². The van der Waals surface area contributed by atoms with Gasteiger partial charge in [0, 0.05) is 0 Å². The van der Waals surface area contributed by atoms with E-state index in [0.29, 0.717) is 0 Å². The predicted octanol–water partition coefficient (Wildman–Crippen LogP) is 6.61. The van der Waals surface area contributed by atoms with E-state index >= 15 is 0 Å². The van der Waals surface area contributed by atoms with Crippen LogP contribution in [0, 0.1) is 0 Å². The van der Waals surface area contributed by atoms with E-state index in [4.69, 9.17) is 0 Å². The van der Waals surface area contributed by atoms with Crippen molar-refractivity contribution >= 4 is 16.7 Å². The molecule has 1 unspecified atom stereocenters. The zero-order valence-corrected chi connectivity index (χ0v) is 18.4. The smallest absolute Gasteiger partial charge is 0.335 e. The summed E-state index contributed by atoms with van der Waals surface area (Å²) in [5.41, 5.74) is 6.11. The molecule has 1 aliphatic carbocycles. The SMILES string of the molecule is CC(O)c1cc(-c2ccc(C(=O)O)cc2)cc2cc3c(cc12)C(C)(C)CCC3(C)C. The van der Waals surface area contributed by atoms with Gasteiger partial charge >= 0.3 is 5.97 Å². The maximum absolute atomic E-state index is 11.2. The van der Waals surface area contributed by atoms with Crippen molar-refractivity contribution < 1.29 is 15.0 Å². The number of hydrogen-bond acceptors (Lipinski definition) is 2. The molecule has 2 N–H and O–H groups in total. The molecule has 0 radical (unpaired) electrons. The molecule has 0 spiro atoms. The minimum atomic E-state index is -0.929. The van der Waals surface area contributed by atoms with Crippen LogP contribution in [0.15, 0.2) is 48.5 Å². The molecular weight excluding hydrogens is 372 g/mol. The lowest BCUT2D eigenvalue weighted by Crippen LogP contribution is -2.33. The van der Waals surface area contributed by atoms with Crippen LogP contribution in [-0.4, -0.2) is 16.2 Å². The molecule has 0 heterocycles. The van der Waals surface area contributed by atoms with Gasteiger partial charge in [-0.25, -0.2) is 4.79 Å². The van der Waals surface area contributed by atoms with Gasteiger partial charge in [0.05, 0.1) is 11.7 Å². The number of aliphatic hydroxyl groups is 1. The topological polar surface area (TPSA) is 57.5 Å². The maximum atomic E-state index is 11.2. The van der Waals surface area contributed by atoms with Crippen LogP contribution in [0.2, 0.25) is 0 Å². The van der Waals surface area contributed by atoms with Gasteiger partial charge in [-0.1, -0.05) is 45.9 Å². The van der Waals surface area contributed by atoms with Crippen LogP contribution in [0.4, 0.5) is 0 Å². The summed E-state index contributed by atoms with van der Waals surface area (Å²) >= 11 is 0. The molecule has 3 heteroatoms. The highest BCUT2D eigenvalue weighted by Crippen LogP contribution is 2.48. The number of rotatable bonds is 3. The van der Waals surface area contributed by atoms with Crippen LogP contribution < -0.4 is 0 Å². The molecule has 30 heavy (non-hydrogen) atoms. The van der Waals surface area contributed by atoms with Gasteiger partial charge in [-0.15, -0.1) is 0 Å². The van der Waals surface area contributed by atoms with E-state index in [9.17, 15) is 15.0 Å². The molecule has 0 aromatic heterocycles. The zero-order valence-electron chi connectivity index (χ0n) is 18.4. The minimum absolute atomic E-state index is 0.111. The van der Waals surface area contributed by atoms with Crippen molar-refractivity contribution in [2.24, 2.45) is 0 Å². The highest BCUT2D eigenvalue weighted by Gasteiger charge is 2.37. The molecule has 0 fully saturated rings. The van der Waals surface area contributed by atoms with Gasteiger partial charge in [0.2, 0.25) is 0 Å². The lowest BCUT2D eigenvalue weighted by atomic mass is 9.62. The fourth-order valence-corrected chi connectivity index (χ4v) is 4.77. The van der Waals surface area contributed by atoms with Crippen molar-refractivity contribution in [1.82, 2.24) is 0 Å². The van der Waals surface area contributed by atoms with E-state index in [1.165, 1.54) is 11.1 Å². The molecule has 1 atom stereocenters. The molecule has 156 valence electrons. The van der Waals surface area contributed by atoms with Crippen molar-refractivity contribution in [3.05, 3.63) is 70.8 Å². The molecule has 3 nitrogen and oxygen atoms in total. The Balaban J connectivity index is 1.97. The Bertz CT molecular complexity index is 1130. The predicted molar refractivity (Wildman–Crippen MR) is 122 cm³/mol. The Morgan fingerprint density at radius 1 is 0.867 bits per heavy atom. The Morgan fingerprint density at radius 3 is 1.97 bits per heavy atom. The molecule has 0 saturated carbocycles. The first-order valence-electron chi connectivity index (χ1n) is 10.6. The third-order valence-corrected chi connectivity index (χ3v) is 6.87. The van der Waals surface area contributed by atoms with E-state index < -0.39 is 12.1 Å². The number of aromatic carboxylic acids is 1. The first kappa shape index (κ1) is 20.6. The third-order valence-electron chi connectivity index (χ3n) is 6.87. The van der Waals surface area contributed by atoms with Crippen molar-refractivity contribution in [3.8, 4) is 11.1 Å². The van der Waals surface area contributed by atoms with Gasteiger partial charge in [-0.2, -0.15) is 0 Å². The molecule has 0 aliphatic heterocycles. The van der Waals surface area contributed by atoms with Crippen LogP contribution in [0.5, 0.6) is 0 Å². The lowest BCUT2D eigenvalue weighted by Gasteiger charge is -2.42. The Kier molecular flexibility index (Phi) is 4.78. The first-order chi connectivity index (χ1) is 14.0. The molecule has 4 rings (SSSR count). The molecular formula is C27H30O3. The fraction of sp³-hybridized carbons (Fsp3) is 0.370. The number of carbonyl (C=O) groups is 1. The van der Waals surface area contributed by atoms with E-state index in [2.05, 4.69) is 45.9 Å². The Labute approximate surface area is 178 Å². The second-order valence-corrected chi connectivity index (χ2v) is 10.0. The summed E-state index contributed by atoms with van der Waals surface area (Å²) < 4.78 is 0. The summed E-state index contributed by atoms with van der Waals surface area (Å²) in [6.07, 6.45) is 1.71. The van der Waals surface area contributed by atoms with Gasteiger partial charge in [0.15, 0.2) is 0 Å².